The largest absolute Gasteiger partial charge is 0.316 e. The lowest BCUT2D eigenvalue weighted by molar-refractivity contribution is 0.555. The Morgan fingerprint density at radius 1 is 1.45 bits per heavy atom. The summed E-state index contributed by atoms with van der Waals surface area (Å²) >= 11 is 4.31. The van der Waals surface area contributed by atoms with E-state index in [-0.39, 0.29) is 17.2 Å². The second-order valence-electron chi connectivity index (χ2n) is 3.85. The summed E-state index contributed by atoms with van der Waals surface area (Å²) in [5.41, 5.74) is 0.265. The number of nitrogens with zero attached hydrogens (tertiary/aromatic N) is 1. The van der Waals surface area contributed by atoms with Crippen molar-refractivity contribution in [1.29, 1.82) is 0 Å². The zero-order chi connectivity index (χ0) is 14.8. The Morgan fingerprint density at radius 3 is 2.80 bits per heavy atom. The predicted octanol–water partition coefficient (Wildman–Crippen LogP) is 2.56. The number of thiazole rings is 1. The monoisotopic (exact) mass is 379 g/mol. The highest BCUT2D eigenvalue weighted by molar-refractivity contribution is 9.10. The van der Waals surface area contributed by atoms with Gasteiger partial charge < -0.3 is 5.32 Å². The van der Waals surface area contributed by atoms with Crippen LogP contribution in [0.4, 0.5) is 9.52 Å². The van der Waals surface area contributed by atoms with E-state index in [1.54, 1.807) is 12.4 Å². The van der Waals surface area contributed by atoms with Gasteiger partial charge in [-0.3, -0.25) is 4.72 Å². The van der Waals surface area contributed by atoms with Crippen LogP contribution < -0.4 is 10.0 Å². The Bertz CT molecular complexity index is 705. The summed E-state index contributed by atoms with van der Waals surface area (Å²) < 4.78 is 41.4. The van der Waals surface area contributed by atoms with E-state index in [0.29, 0.717) is 4.47 Å². The summed E-state index contributed by atoms with van der Waals surface area (Å²) in [6.45, 7) is 0.227. The van der Waals surface area contributed by atoms with Gasteiger partial charge in [-0.05, 0) is 19.2 Å². The topological polar surface area (TPSA) is 71.1 Å². The van der Waals surface area contributed by atoms with Crippen molar-refractivity contribution in [3.05, 3.63) is 39.6 Å². The molecule has 0 amide bonds. The maximum atomic E-state index is 14.3. The molecule has 0 aliphatic heterocycles. The number of sulfonamides is 1. The van der Waals surface area contributed by atoms with E-state index in [2.05, 4.69) is 31.0 Å². The van der Waals surface area contributed by atoms with Crippen LogP contribution in [0.15, 0.2) is 33.1 Å². The molecule has 0 unspecified atom stereocenters. The lowest BCUT2D eigenvalue weighted by Gasteiger charge is -2.10. The molecule has 0 bridgehead atoms. The first-order chi connectivity index (χ1) is 9.44. The molecule has 1 aromatic heterocycles. The Morgan fingerprint density at radius 2 is 2.20 bits per heavy atom. The molecule has 9 heteroatoms. The number of rotatable bonds is 5. The number of anilines is 1. The van der Waals surface area contributed by atoms with Crippen LogP contribution in [0.5, 0.6) is 0 Å². The van der Waals surface area contributed by atoms with Crippen LogP contribution in [-0.4, -0.2) is 20.4 Å². The highest BCUT2D eigenvalue weighted by Crippen LogP contribution is 2.26. The van der Waals surface area contributed by atoms with Crippen molar-refractivity contribution >= 4 is 42.4 Å². The van der Waals surface area contributed by atoms with Crippen molar-refractivity contribution in [2.24, 2.45) is 0 Å². The third-order valence-electron chi connectivity index (χ3n) is 2.39. The normalized spacial score (nSPS) is 11.6. The van der Waals surface area contributed by atoms with E-state index in [1.807, 2.05) is 0 Å². The first kappa shape index (κ1) is 15.4. The second-order valence-corrected chi connectivity index (χ2v) is 7.31. The zero-order valence-electron chi connectivity index (χ0n) is 10.4. The Hall–Kier alpha value is -1.03. The van der Waals surface area contributed by atoms with E-state index in [1.165, 1.54) is 18.3 Å². The molecular weight excluding hydrogens is 369 g/mol. The minimum absolute atomic E-state index is 0.194. The SMILES string of the molecule is CNCc1cc(Br)cc(S(=O)(=O)Nc2nccs2)c1F. The molecule has 20 heavy (non-hydrogen) atoms. The van der Waals surface area contributed by atoms with Gasteiger partial charge in [0, 0.05) is 28.2 Å². The molecule has 0 aliphatic rings. The molecule has 5 nitrogen and oxygen atoms in total. The number of halogens is 2. The van der Waals surface area contributed by atoms with Crippen LogP contribution in [-0.2, 0) is 16.6 Å². The molecule has 1 aromatic carbocycles. The third-order valence-corrected chi connectivity index (χ3v) is 5.00. The van der Waals surface area contributed by atoms with Crippen molar-refractivity contribution in [1.82, 2.24) is 10.3 Å². The molecule has 1 heterocycles. The van der Waals surface area contributed by atoms with Crippen LogP contribution in [0.1, 0.15) is 5.56 Å². The van der Waals surface area contributed by atoms with Gasteiger partial charge in [-0.1, -0.05) is 15.9 Å². The van der Waals surface area contributed by atoms with Crippen LogP contribution in [0, 0.1) is 5.82 Å². The van der Waals surface area contributed by atoms with Gasteiger partial charge in [0.2, 0.25) is 0 Å². The van der Waals surface area contributed by atoms with Crippen molar-refractivity contribution in [2.75, 3.05) is 11.8 Å². The number of hydrogen-bond acceptors (Lipinski definition) is 5. The Balaban J connectivity index is 2.45. The van der Waals surface area contributed by atoms with Crippen molar-refractivity contribution < 1.29 is 12.8 Å². The molecule has 2 aromatic rings. The predicted molar refractivity (Wildman–Crippen MR) is 79.8 cm³/mol. The lowest BCUT2D eigenvalue weighted by Crippen LogP contribution is -2.17. The third kappa shape index (κ3) is 3.35. The average molecular weight is 380 g/mol. The van der Waals surface area contributed by atoms with Gasteiger partial charge in [0.1, 0.15) is 10.7 Å². The summed E-state index contributed by atoms with van der Waals surface area (Å²) in [5, 5.41) is 4.61. The second kappa shape index (κ2) is 6.17. The maximum absolute atomic E-state index is 14.3. The van der Waals surface area contributed by atoms with Gasteiger partial charge in [0.05, 0.1) is 0 Å². The molecule has 2 rings (SSSR count). The average Bonchev–Trinajstić information content (AvgIpc) is 2.85. The fourth-order valence-electron chi connectivity index (χ4n) is 1.58. The van der Waals surface area contributed by atoms with Gasteiger partial charge in [-0.25, -0.2) is 17.8 Å². The first-order valence-corrected chi connectivity index (χ1v) is 8.64. The zero-order valence-corrected chi connectivity index (χ0v) is 13.6. The van der Waals surface area contributed by atoms with Crippen LogP contribution in [0.2, 0.25) is 0 Å². The summed E-state index contributed by atoms with van der Waals surface area (Å²) in [6.07, 6.45) is 1.46. The quantitative estimate of drug-likeness (QED) is 0.837. The summed E-state index contributed by atoms with van der Waals surface area (Å²) in [6, 6.07) is 2.76. The van der Waals surface area contributed by atoms with E-state index in [9.17, 15) is 12.8 Å². The van der Waals surface area contributed by atoms with E-state index in [0.717, 1.165) is 11.3 Å². The molecule has 2 N–H and O–H groups in total. The number of benzene rings is 1. The van der Waals surface area contributed by atoms with Gasteiger partial charge in [-0.15, -0.1) is 11.3 Å². The molecule has 0 aliphatic carbocycles. The molecule has 0 atom stereocenters. The van der Waals surface area contributed by atoms with Crippen LogP contribution in [0.3, 0.4) is 0 Å². The van der Waals surface area contributed by atoms with Crippen LogP contribution in [0.25, 0.3) is 0 Å². The molecular formula is C11H11BrFN3O2S2. The maximum Gasteiger partial charge on any atom is 0.266 e. The summed E-state index contributed by atoms with van der Waals surface area (Å²) in [4.78, 5) is 3.41. The van der Waals surface area contributed by atoms with Crippen molar-refractivity contribution in [3.8, 4) is 0 Å². The lowest BCUT2D eigenvalue weighted by atomic mass is 10.2. The molecule has 0 fully saturated rings. The molecule has 0 radical (unpaired) electrons. The van der Waals surface area contributed by atoms with Crippen LogP contribution >= 0.6 is 27.3 Å². The van der Waals surface area contributed by atoms with E-state index < -0.39 is 20.7 Å². The number of hydrogen-bond donors (Lipinski definition) is 2. The van der Waals surface area contributed by atoms with Gasteiger partial charge in [0.25, 0.3) is 10.0 Å². The first-order valence-electron chi connectivity index (χ1n) is 5.49. The fourth-order valence-corrected chi connectivity index (χ4v) is 4.17. The van der Waals surface area contributed by atoms with E-state index in [4.69, 9.17) is 0 Å². The minimum atomic E-state index is -4.01. The smallest absolute Gasteiger partial charge is 0.266 e. The molecule has 0 spiro atoms. The van der Waals surface area contributed by atoms with Gasteiger partial charge in [0.15, 0.2) is 5.13 Å². The van der Waals surface area contributed by atoms with Crippen molar-refractivity contribution in [3.63, 3.8) is 0 Å². The summed E-state index contributed by atoms with van der Waals surface area (Å²) in [7, 11) is -2.36. The molecule has 108 valence electrons. The molecule has 0 saturated carbocycles. The standard InChI is InChI=1S/C11H11BrFN3O2S2/c1-14-6-7-4-8(12)5-9(10(7)13)20(17,18)16-11-15-2-3-19-11/h2-5,14H,6H2,1H3,(H,15,16). The fraction of sp³-hybridized carbons (Fsp3) is 0.182. The van der Waals surface area contributed by atoms with Gasteiger partial charge >= 0.3 is 0 Å². The number of aromatic nitrogens is 1. The highest BCUT2D eigenvalue weighted by Gasteiger charge is 2.23. The number of nitrogens with one attached hydrogen (secondary N) is 2. The minimum Gasteiger partial charge on any atom is -0.316 e. The highest BCUT2D eigenvalue weighted by atomic mass is 79.9. The Labute approximate surface area is 128 Å². The molecule has 0 saturated heterocycles. The van der Waals surface area contributed by atoms with Crippen molar-refractivity contribution in [2.45, 2.75) is 11.4 Å². The summed E-state index contributed by atoms with van der Waals surface area (Å²) in [5.74, 6) is -0.772. The van der Waals surface area contributed by atoms with Gasteiger partial charge in [-0.2, -0.15) is 0 Å². The van der Waals surface area contributed by atoms with E-state index >= 15 is 0 Å². The Kier molecular flexibility index (Phi) is 4.74.